The van der Waals surface area contributed by atoms with Crippen LogP contribution < -0.4 is 9.62 Å². The summed E-state index contributed by atoms with van der Waals surface area (Å²) in [5, 5.41) is 2.84. The molecule has 0 spiro atoms. The van der Waals surface area contributed by atoms with Gasteiger partial charge in [0.2, 0.25) is 21.8 Å². The molecule has 0 aliphatic carbocycles. The van der Waals surface area contributed by atoms with E-state index >= 15 is 0 Å². The fourth-order valence-corrected chi connectivity index (χ4v) is 5.85. The Morgan fingerprint density at radius 1 is 0.919 bits per heavy atom. The number of benzene rings is 3. The van der Waals surface area contributed by atoms with E-state index in [1.165, 1.54) is 4.90 Å². The summed E-state index contributed by atoms with van der Waals surface area (Å²) in [6.07, 6.45) is 1.34. The zero-order chi connectivity index (χ0) is 27.0. The lowest BCUT2D eigenvalue weighted by Gasteiger charge is -2.33. The van der Waals surface area contributed by atoms with Crippen molar-refractivity contribution in [1.29, 1.82) is 0 Å². The van der Waals surface area contributed by atoms with E-state index in [1.807, 2.05) is 61.5 Å². The normalized spacial score (nSPS) is 12.0. The van der Waals surface area contributed by atoms with Crippen LogP contribution in [0.5, 0.6) is 0 Å². The molecule has 0 aliphatic heterocycles. The predicted molar refractivity (Wildman–Crippen MR) is 154 cm³/mol. The van der Waals surface area contributed by atoms with E-state index in [0.29, 0.717) is 16.7 Å². The molecule has 10 heteroatoms. The molecule has 37 heavy (non-hydrogen) atoms. The molecule has 0 aliphatic rings. The number of rotatable bonds is 11. The van der Waals surface area contributed by atoms with Gasteiger partial charge in [0.1, 0.15) is 12.6 Å². The highest BCUT2D eigenvalue weighted by atomic mass is 79.9. The van der Waals surface area contributed by atoms with E-state index in [-0.39, 0.29) is 18.9 Å². The second-order valence-corrected chi connectivity index (χ2v) is 12.1. The molecule has 1 N–H and O–H groups in total. The minimum absolute atomic E-state index is 0.125. The van der Waals surface area contributed by atoms with Crippen LogP contribution in [0.15, 0.2) is 87.8 Å². The summed E-state index contributed by atoms with van der Waals surface area (Å²) in [5.74, 6) is -0.796. The number of anilines is 1. The highest BCUT2D eigenvalue weighted by Gasteiger charge is 2.33. The Morgan fingerprint density at radius 3 is 2.19 bits per heavy atom. The lowest BCUT2D eigenvalue weighted by atomic mass is 10.0. The summed E-state index contributed by atoms with van der Waals surface area (Å²) in [5.41, 5.74) is 2.03. The predicted octanol–water partition coefficient (Wildman–Crippen LogP) is 4.75. The number of nitrogens with zero attached hydrogens (tertiary/aromatic N) is 2. The van der Waals surface area contributed by atoms with Gasteiger partial charge in [-0.05, 0) is 58.2 Å². The molecule has 0 heterocycles. The number of para-hydroxylation sites is 1. The molecule has 3 aromatic carbocycles. The molecule has 196 valence electrons. The molecule has 0 saturated carbocycles. The Labute approximate surface area is 235 Å². The molecule has 1 atom stereocenters. The van der Waals surface area contributed by atoms with E-state index in [9.17, 15) is 18.0 Å². The summed E-state index contributed by atoms with van der Waals surface area (Å²) >= 11 is 6.86. The van der Waals surface area contributed by atoms with Crippen LogP contribution in [0, 0.1) is 0 Å². The van der Waals surface area contributed by atoms with Crippen LogP contribution in [0.4, 0.5) is 5.69 Å². The molecule has 7 nitrogen and oxygen atoms in total. The molecule has 0 radical (unpaired) electrons. The minimum Gasteiger partial charge on any atom is -0.355 e. The first-order chi connectivity index (χ1) is 17.6. The van der Waals surface area contributed by atoms with Crippen LogP contribution in [-0.2, 0) is 32.6 Å². The molecule has 0 saturated heterocycles. The van der Waals surface area contributed by atoms with Crippen LogP contribution in [-0.4, -0.2) is 50.5 Å². The maximum Gasteiger partial charge on any atom is 0.244 e. The van der Waals surface area contributed by atoms with Crippen molar-refractivity contribution >= 4 is 59.4 Å². The van der Waals surface area contributed by atoms with Crippen LogP contribution >= 0.6 is 31.9 Å². The molecular formula is C27H29Br2N3O4S. The van der Waals surface area contributed by atoms with Gasteiger partial charge >= 0.3 is 0 Å². The average molecular weight is 651 g/mol. The number of hydrogen-bond acceptors (Lipinski definition) is 4. The molecular weight excluding hydrogens is 622 g/mol. The first-order valence-corrected chi connectivity index (χ1v) is 15.1. The Morgan fingerprint density at radius 2 is 1.57 bits per heavy atom. The zero-order valence-corrected chi connectivity index (χ0v) is 24.6. The summed E-state index contributed by atoms with van der Waals surface area (Å²) in [6, 6.07) is 22.9. The fraction of sp³-hybridized carbons (Fsp3) is 0.259. The van der Waals surface area contributed by atoms with E-state index in [2.05, 4.69) is 37.2 Å². The Bertz CT molecular complexity index is 1340. The van der Waals surface area contributed by atoms with Gasteiger partial charge in [0.05, 0.1) is 11.9 Å². The second kappa shape index (κ2) is 13.2. The van der Waals surface area contributed by atoms with E-state index in [1.54, 1.807) is 24.3 Å². The Kier molecular flexibility index (Phi) is 10.3. The lowest BCUT2D eigenvalue weighted by Crippen LogP contribution is -2.53. The van der Waals surface area contributed by atoms with Crippen molar-refractivity contribution < 1.29 is 18.0 Å². The molecule has 0 aromatic heterocycles. The molecule has 0 unspecified atom stereocenters. The van der Waals surface area contributed by atoms with Crippen LogP contribution in [0.25, 0.3) is 0 Å². The zero-order valence-electron chi connectivity index (χ0n) is 20.6. The van der Waals surface area contributed by atoms with Gasteiger partial charge in [-0.1, -0.05) is 70.5 Å². The van der Waals surface area contributed by atoms with Crippen molar-refractivity contribution in [2.45, 2.75) is 25.9 Å². The largest absolute Gasteiger partial charge is 0.355 e. The van der Waals surface area contributed by atoms with Gasteiger partial charge in [-0.15, -0.1) is 0 Å². The van der Waals surface area contributed by atoms with Crippen molar-refractivity contribution in [2.24, 2.45) is 0 Å². The lowest BCUT2D eigenvalue weighted by molar-refractivity contribution is -0.140. The van der Waals surface area contributed by atoms with Crippen molar-refractivity contribution in [3.05, 3.63) is 98.9 Å². The Balaban J connectivity index is 2.05. The SMILES string of the molecule is CCNC(=O)[C@H](Cc1ccccc1)N(Cc1cccc(Br)c1)C(=O)CN(c1ccccc1Br)S(C)(=O)=O. The van der Waals surface area contributed by atoms with Gasteiger partial charge in [0.25, 0.3) is 0 Å². The average Bonchev–Trinajstić information content (AvgIpc) is 2.85. The third kappa shape index (κ3) is 8.15. The third-order valence-electron chi connectivity index (χ3n) is 5.66. The monoisotopic (exact) mass is 649 g/mol. The number of halogens is 2. The molecule has 0 bridgehead atoms. The summed E-state index contributed by atoms with van der Waals surface area (Å²) in [6.45, 7) is 1.88. The minimum atomic E-state index is -3.82. The maximum atomic E-state index is 13.9. The molecule has 3 rings (SSSR count). The summed E-state index contributed by atoms with van der Waals surface area (Å²) in [4.78, 5) is 28.7. The number of sulfonamides is 1. The molecule has 2 amide bonds. The number of hydrogen-bond donors (Lipinski definition) is 1. The van der Waals surface area contributed by atoms with Crippen LogP contribution in [0.2, 0.25) is 0 Å². The molecule has 3 aromatic rings. The Hall–Kier alpha value is -2.69. The van der Waals surface area contributed by atoms with Gasteiger partial charge < -0.3 is 10.2 Å². The van der Waals surface area contributed by atoms with Gasteiger partial charge in [-0.2, -0.15) is 0 Å². The second-order valence-electron chi connectivity index (χ2n) is 8.47. The number of amides is 2. The number of likely N-dealkylation sites (N-methyl/N-ethyl adjacent to an activating group) is 1. The molecule has 0 fully saturated rings. The van der Waals surface area contributed by atoms with Gasteiger partial charge in [-0.25, -0.2) is 8.42 Å². The number of carbonyl (C=O) groups is 2. The summed E-state index contributed by atoms with van der Waals surface area (Å²) in [7, 11) is -3.82. The first kappa shape index (κ1) is 28.9. The van der Waals surface area contributed by atoms with Crippen molar-refractivity contribution in [1.82, 2.24) is 10.2 Å². The van der Waals surface area contributed by atoms with Gasteiger partial charge in [0, 0.05) is 28.5 Å². The quantitative estimate of drug-likeness (QED) is 0.325. The van der Waals surface area contributed by atoms with Gasteiger partial charge in [0.15, 0.2) is 0 Å². The highest BCUT2D eigenvalue weighted by molar-refractivity contribution is 9.10. The number of nitrogens with one attached hydrogen (secondary N) is 1. The standard InChI is InChI=1S/C27H29Br2N3O4S/c1-3-30-27(34)25(17-20-10-5-4-6-11-20)31(18-21-12-9-13-22(28)16-21)26(33)19-32(37(2,35)36)24-15-8-7-14-23(24)29/h4-16,25H,3,17-19H2,1-2H3,(H,30,34)/t25-/m0/s1. The van der Waals surface area contributed by atoms with E-state index in [0.717, 1.165) is 26.2 Å². The maximum absolute atomic E-state index is 13.9. The van der Waals surface area contributed by atoms with Crippen LogP contribution in [0.1, 0.15) is 18.1 Å². The first-order valence-electron chi connectivity index (χ1n) is 11.7. The van der Waals surface area contributed by atoms with E-state index < -0.39 is 28.5 Å². The highest BCUT2D eigenvalue weighted by Crippen LogP contribution is 2.28. The fourth-order valence-electron chi connectivity index (χ4n) is 3.93. The van der Waals surface area contributed by atoms with Crippen LogP contribution in [0.3, 0.4) is 0 Å². The third-order valence-corrected chi connectivity index (χ3v) is 7.95. The summed E-state index contributed by atoms with van der Waals surface area (Å²) < 4.78 is 28.0. The number of carbonyl (C=O) groups excluding carboxylic acids is 2. The topological polar surface area (TPSA) is 86.8 Å². The van der Waals surface area contributed by atoms with Crippen molar-refractivity contribution in [3.63, 3.8) is 0 Å². The van der Waals surface area contributed by atoms with E-state index in [4.69, 9.17) is 0 Å². The van der Waals surface area contributed by atoms with Crippen molar-refractivity contribution in [2.75, 3.05) is 23.7 Å². The smallest absolute Gasteiger partial charge is 0.244 e. The van der Waals surface area contributed by atoms with Crippen molar-refractivity contribution in [3.8, 4) is 0 Å². The van der Waals surface area contributed by atoms with Gasteiger partial charge in [-0.3, -0.25) is 13.9 Å².